The van der Waals surface area contributed by atoms with E-state index >= 15 is 0 Å². The topological polar surface area (TPSA) is 63.8 Å². The molecule has 0 unspecified atom stereocenters. The summed E-state index contributed by atoms with van der Waals surface area (Å²) in [5, 5.41) is 3.21. The quantitative estimate of drug-likeness (QED) is 0.820. The highest BCUT2D eigenvalue weighted by Crippen LogP contribution is 2.15. The van der Waals surface area contributed by atoms with Gasteiger partial charge in [-0.2, -0.15) is 0 Å². The molecule has 0 aliphatic carbocycles. The number of hydrogen-bond donors (Lipinski definition) is 2. The van der Waals surface area contributed by atoms with Gasteiger partial charge in [-0.3, -0.25) is 0 Å². The fourth-order valence-corrected chi connectivity index (χ4v) is 1.45. The zero-order chi connectivity index (χ0) is 11.4. The molecular formula is C12H14N4. The van der Waals surface area contributed by atoms with E-state index in [-0.39, 0.29) is 0 Å². The van der Waals surface area contributed by atoms with Crippen LogP contribution in [0.5, 0.6) is 0 Å². The van der Waals surface area contributed by atoms with Gasteiger partial charge in [0.05, 0.1) is 0 Å². The molecule has 4 nitrogen and oxygen atoms in total. The Labute approximate surface area is 94.5 Å². The third kappa shape index (κ3) is 2.55. The van der Waals surface area contributed by atoms with Crippen LogP contribution >= 0.6 is 0 Å². The number of rotatable bonds is 3. The van der Waals surface area contributed by atoms with E-state index in [4.69, 9.17) is 5.73 Å². The predicted molar refractivity (Wildman–Crippen MR) is 64.4 cm³/mol. The van der Waals surface area contributed by atoms with Crippen LogP contribution in [0.4, 0.5) is 11.5 Å². The van der Waals surface area contributed by atoms with Gasteiger partial charge in [0, 0.05) is 24.0 Å². The largest absolute Gasteiger partial charge is 0.340 e. The minimum Gasteiger partial charge on any atom is -0.340 e. The summed E-state index contributed by atoms with van der Waals surface area (Å²) in [6.45, 7) is 2.47. The molecule has 82 valence electrons. The minimum absolute atomic E-state index is 0.540. The molecule has 3 N–H and O–H groups in total. The van der Waals surface area contributed by atoms with Gasteiger partial charge in [0.25, 0.3) is 0 Å². The van der Waals surface area contributed by atoms with Crippen molar-refractivity contribution in [2.75, 3.05) is 5.32 Å². The number of hydrogen-bond acceptors (Lipinski definition) is 4. The van der Waals surface area contributed by atoms with Crippen LogP contribution in [-0.4, -0.2) is 9.97 Å². The van der Waals surface area contributed by atoms with Crippen molar-refractivity contribution in [3.63, 3.8) is 0 Å². The second-order valence-corrected chi connectivity index (χ2v) is 3.57. The van der Waals surface area contributed by atoms with Crippen LogP contribution in [0, 0.1) is 6.92 Å². The normalized spacial score (nSPS) is 10.1. The van der Waals surface area contributed by atoms with E-state index in [2.05, 4.69) is 15.3 Å². The molecule has 0 amide bonds. The number of nitrogens with zero attached hydrogens (tertiary/aromatic N) is 2. The molecule has 2 aromatic rings. The number of aromatic nitrogens is 2. The van der Waals surface area contributed by atoms with Crippen molar-refractivity contribution in [3.8, 4) is 0 Å². The van der Waals surface area contributed by atoms with Gasteiger partial charge in [-0.05, 0) is 24.6 Å². The van der Waals surface area contributed by atoms with Crippen LogP contribution in [0.2, 0.25) is 0 Å². The van der Waals surface area contributed by atoms with E-state index in [0.29, 0.717) is 6.54 Å². The van der Waals surface area contributed by atoms with Gasteiger partial charge in [0.1, 0.15) is 12.1 Å². The number of nitrogens with one attached hydrogen (secondary N) is 1. The Balaban J connectivity index is 2.20. The van der Waals surface area contributed by atoms with E-state index in [1.54, 1.807) is 6.33 Å². The average molecular weight is 214 g/mol. The minimum atomic E-state index is 0.540. The molecule has 16 heavy (non-hydrogen) atoms. The standard InChI is InChI=1S/C12H14N4/c1-9-5-12(15-8-14-9)16-11-4-2-3-10(6-11)7-13/h2-6,8H,7,13H2,1H3,(H,14,15,16). The second-order valence-electron chi connectivity index (χ2n) is 3.57. The number of nitrogens with two attached hydrogens (primary N) is 1. The summed E-state index contributed by atoms with van der Waals surface area (Å²) in [4.78, 5) is 8.18. The van der Waals surface area contributed by atoms with Crippen LogP contribution in [0.25, 0.3) is 0 Å². The van der Waals surface area contributed by atoms with Crippen LogP contribution in [0.3, 0.4) is 0 Å². The van der Waals surface area contributed by atoms with E-state index in [1.165, 1.54) is 0 Å². The summed E-state index contributed by atoms with van der Waals surface area (Å²) < 4.78 is 0. The van der Waals surface area contributed by atoms with Crippen LogP contribution < -0.4 is 11.1 Å². The van der Waals surface area contributed by atoms with Gasteiger partial charge in [-0.1, -0.05) is 12.1 Å². The van der Waals surface area contributed by atoms with Crippen molar-refractivity contribution in [2.45, 2.75) is 13.5 Å². The van der Waals surface area contributed by atoms with E-state index in [0.717, 1.165) is 22.8 Å². The van der Waals surface area contributed by atoms with E-state index < -0.39 is 0 Å². The Morgan fingerprint density at radius 2 is 2.12 bits per heavy atom. The highest BCUT2D eigenvalue weighted by Gasteiger charge is 1.97. The molecule has 0 fully saturated rings. The first-order chi connectivity index (χ1) is 7.78. The molecule has 2 rings (SSSR count). The van der Waals surface area contributed by atoms with E-state index in [1.807, 2.05) is 37.3 Å². The van der Waals surface area contributed by atoms with Gasteiger partial charge in [-0.15, -0.1) is 0 Å². The third-order valence-electron chi connectivity index (χ3n) is 2.24. The number of anilines is 2. The van der Waals surface area contributed by atoms with Gasteiger partial charge < -0.3 is 11.1 Å². The maximum absolute atomic E-state index is 5.58. The van der Waals surface area contributed by atoms with Crippen LogP contribution in [-0.2, 0) is 6.54 Å². The van der Waals surface area contributed by atoms with Crippen molar-refractivity contribution in [1.82, 2.24) is 9.97 Å². The Morgan fingerprint density at radius 3 is 2.88 bits per heavy atom. The van der Waals surface area contributed by atoms with Crippen LogP contribution in [0.15, 0.2) is 36.7 Å². The van der Waals surface area contributed by atoms with Crippen molar-refractivity contribution < 1.29 is 0 Å². The van der Waals surface area contributed by atoms with Gasteiger partial charge >= 0.3 is 0 Å². The molecule has 0 aliphatic rings. The molecule has 1 aromatic carbocycles. The predicted octanol–water partition coefficient (Wildman–Crippen LogP) is 1.99. The SMILES string of the molecule is Cc1cc(Nc2cccc(CN)c2)ncn1. The highest BCUT2D eigenvalue weighted by atomic mass is 15.0. The zero-order valence-corrected chi connectivity index (χ0v) is 9.14. The summed E-state index contributed by atoms with van der Waals surface area (Å²) in [7, 11) is 0. The maximum Gasteiger partial charge on any atom is 0.133 e. The molecule has 0 saturated heterocycles. The first-order valence-corrected chi connectivity index (χ1v) is 5.12. The smallest absolute Gasteiger partial charge is 0.133 e. The molecule has 4 heteroatoms. The van der Waals surface area contributed by atoms with Crippen molar-refractivity contribution >= 4 is 11.5 Å². The molecule has 0 saturated carbocycles. The first kappa shape index (κ1) is 10.6. The third-order valence-corrected chi connectivity index (χ3v) is 2.24. The molecule has 0 atom stereocenters. The summed E-state index contributed by atoms with van der Waals surface area (Å²) in [6.07, 6.45) is 1.55. The fraction of sp³-hybridized carbons (Fsp3) is 0.167. The lowest BCUT2D eigenvalue weighted by atomic mass is 10.2. The summed E-state index contributed by atoms with van der Waals surface area (Å²) >= 11 is 0. The molecule has 1 heterocycles. The van der Waals surface area contributed by atoms with Gasteiger partial charge in [0.15, 0.2) is 0 Å². The van der Waals surface area contributed by atoms with Crippen molar-refractivity contribution in [2.24, 2.45) is 5.73 Å². The molecule has 1 aromatic heterocycles. The Bertz CT molecular complexity index is 482. The van der Waals surface area contributed by atoms with Crippen molar-refractivity contribution in [1.29, 1.82) is 0 Å². The second kappa shape index (κ2) is 4.72. The summed E-state index contributed by atoms with van der Waals surface area (Å²) in [6, 6.07) is 9.86. The van der Waals surface area contributed by atoms with Crippen molar-refractivity contribution in [3.05, 3.63) is 47.9 Å². The van der Waals surface area contributed by atoms with Crippen LogP contribution in [0.1, 0.15) is 11.3 Å². The first-order valence-electron chi connectivity index (χ1n) is 5.12. The molecule has 0 aliphatic heterocycles. The van der Waals surface area contributed by atoms with E-state index in [9.17, 15) is 0 Å². The summed E-state index contributed by atoms with van der Waals surface area (Å²) in [5.41, 5.74) is 8.60. The molecule has 0 radical (unpaired) electrons. The number of aryl methyl sites for hydroxylation is 1. The Morgan fingerprint density at radius 1 is 1.25 bits per heavy atom. The van der Waals surface area contributed by atoms with Gasteiger partial charge in [-0.25, -0.2) is 9.97 Å². The maximum atomic E-state index is 5.58. The lowest BCUT2D eigenvalue weighted by Gasteiger charge is -2.06. The molecule has 0 bridgehead atoms. The zero-order valence-electron chi connectivity index (χ0n) is 9.14. The fourth-order valence-electron chi connectivity index (χ4n) is 1.45. The average Bonchev–Trinajstić information content (AvgIpc) is 2.29. The molecule has 0 spiro atoms. The number of benzene rings is 1. The highest BCUT2D eigenvalue weighted by molar-refractivity contribution is 5.56. The lowest BCUT2D eigenvalue weighted by molar-refractivity contribution is 1.07. The summed E-state index contributed by atoms with van der Waals surface area (Å²) in [5.74, 6) is 0.793. The monoisotopic (exact) mass is 214 g/mol. The molecular weight excluding hydrogens is 200 g/mol. The Kier molecular flexibility index (Phi) is 3.12. The Hall–Kier alpha value is -1.94. The van der Waals surface area contributed by atoms with Gasteiger partial charge in [0.2, 0.25) is 0 Å². The lowest BCUT2D eigenvalue weighted by Crippen LogP contribution is -1.99.